The molecule has 1 fully saturated rings. The molecule has 36 heavy (non-hydrogen) atoms. The van der Waals surface area contributed by atoms with Crippen molar-refractivity contribution in [1.82, 2.24) is 15.6 Å². The maximum atomic E-state index is 13.0. The van der Waals surface area contributed by atoms with Gasteiger partial charge in [0, 0.05) is 23.0 Å². The summed E-state index contributed by atoms with van der Waals surface area (Å²) in [5, 5.41) is 8.67. The molecule has 3 aromatic rings. The quantitative estimate of drug-likeness (QED) is 0.487. The lowest BCUT2D eigenvalue weighted by molar-refractivity contribution is 0.0860. The first kappa shape index (κ1) is 24.1. The Hall–Kier alpha value is -3.59. The van der Waals surface area contributed by atoms with Gasteiger partial charge >= 0.3 is 0 Å². The first-order chi connectivity index (χ1) is 17.4. The highest BCUT2D eigenvalue weighted by Gasteiger charge is 2.29. The van der Waals surface area contributed by atoms with Gasteiger partial charge in [-0.1, -0.05) is 18.9 Å². The molecule has 5 rings (SSSR count). The van der Waals surface area contributed by atoms with Gasteiger partial charge in [-0.3, -0.25) is 9.59 Å². The number of nitrogens with one attached hydrogen (secondary N) is 2. The van der Waals surface area contributed by atoms with Crippen LogP contribution in [0.1, 0.15) is 62.7 Å². The van der Waals surface area contributed by atoms with E-state index in [2.05, 4.69) is 21.7 Å². The molecular weight excluding hydrogens is 478 g/mol. The molecule has 2 atom stereocenters. The van der Waals surface area contributed by atoms with Crippen LogP contribution in [-0.2, 0) is 6.61 Å². The first-order valence-corrected chi connectivity index (χ1v) is 13.0. The Balaban J connectivity index is 1.18. The number of carbonyl (C=O) groups is 2. The summed E-state index contributed by atoms with van der Waals surface area (Å²) >= 11 is 1.40. The second-order valence-corrected chi connectivity index (χ2v) is 10.2. The van der Waals surface area contributed by atoms with Gasteiger partial charge < -0.3 is 24.8 Å². The molecule has 0 bridgehead atoms. The number of hydrogen-bond donors (Lipinski definition) is 2. The smallest absolute Gasteiger partial charge is 0.271 e. The third-order valence-electron chi connectivity index (χ3n) is 6.38. The van der Waals surface area contributed by atoms with Crippen molar-refractivity contribution in [1.29, 1.82) is 0 Å². The molecule has 0 radical (unpaired) electrons. The monoisotopic (exact) mass is 507 g/mol. The SMILES string of the molecule is Cc1cc(C)cc(OCc2nc(C(=O)N[C@H]3CCCC[C@H]3NC(=O)c3ccc4c(c3)OCO4)cs2)c1. The number of hydrogen-bond acceptors (Lipinski definition) is 7. The number of ether oxygens (including phenoxy) is 3. The van der Waals surface area contributed by atoms with Crippen molar-refractivity contribution in [3.05, 3.63) is 69.2 Å². The van der Waals surface area contributed by atoms with Gasteiger partial charge in [-0.2, -0.15) is 0 Å². The van der Waals surface area contributed by atoms with Crippen molar-refractivity contribution in [2.45, 2.75) is 58.2 Å². The normalized spacial score (nSPS) is 18.5. The fraction of sp³-hybridized carbons (Fsp3) is 0.370. The third kappa shape index (κ3) is 5.62. The molecule has 2 heterocycles. The van der Waals surface area contributed by atoms with E-state index in [0.29, 0.717) is 29.4 Å². The summed E-state index contributed by atoms with van der Waals surface area (Å²) in [6.07, 6.45) is 3.58. The molecule has 2 aromatic carbocycles. The van der Waals surface area contributed by atoms with Crippen molar-refractivity contribution in [2.75, 3.05) is 6.79 Å². The molecule has 2 N–H and O–H groups in total. The molecule has 188 valence electrons. The van der Waals surface area contributed by atoms with E-state index in [1.165, 1.54) is 11.3 Å². The minimum Gasteiger partial charge on any atom is -0.486 e. The Morgan fingerprint density at radius 3 is 2.42 bits per heavy atom. The molecule has 0 spiro atoms. The predicted molar refractivity (Wildman–Crippen MR) is 136 cm³/mol. The highest BCUT2D eigenvalue weighted by Crippen LogP contribution is 2.32. The van der Waals surface area contributed by atoms with Crippen LogP contribution in [-0.4, -0.2) is 35.7 Å². The molecule has 0 unspecified atom stereocenters. The number of rotatable bonds is 7. The second-order valence-electron chi connectivity index (χ2n) is 9.25. The van der Waals surface area contributed by atoms with Crippen LogP contribution in [0.15, 0.2) is 41.8 Å². The van der Waals surface area contributed by atoms with Gasteiger partial charge in [0.1, 0.15) is 23.1 Å². The zero-order valence-electron chi connectivity index (χ0n) is 20.3. The standard InChI is InChI=1S/C27H29N3O5S/c1-16-9-17(2)11-19(10-16)33-13-25-28-22(14-36-25)27(32)30-21-6-4-3-5-20(21)29-26(31)18-7-8-23-24(12-18)35-15-34-23/h7-12,14,20-21H,3-6,13,15H2,1-2H3,(H,29,31)(H,30,32)/t20-,21+/m1/s1. The third-order valence-corrected chi connectivity index (χ3v) is 7.20. The number of carbonyl (C=O) groups excluding carboxylic acids is 2. The number of thiazole rings is 1. The molecule has 1 saturated carbocycles. The van der Waals surface area contributed by atoms with E-state index in [4.69, 9.17) is 14.2 Å². The number of aryl methyl sites for hydroxylation is 2. The largest absolute Gasteiger partial charge is 0.486 e. The molecule has 8 nitrogen and oxygen atoms in total. The van der Waals surface area contributed by atoms with Gasteiger partial charge in [0.15, 0.2) is 11.5 Å². The van der Waals surface area contributed by atoms with E-state index >= 15 is 0 Å². The Kier molecular flexibility index (Phi) is 7.09. The van der Waals surface area contributed by atoms with Gasteiger partial charge in [-0.05, 0) is 68.1 Å². The lowest BCUT2D eigenvalue weighted by atomic mass is 9.90. The predicted octanol–water partition coefficient (Wildman–Crippen LogP) is 4.54. The zero-order valence-corrected chi connectivity index (χ0v) is 21.2. The lowest BCUT2D eigenvalue weighted by Crippen LogP contribution is -2.53. The van der Waals surface area contributed by atoms with Crippen LogP contribution in [0.25, 0.3) is 0 Å². The molecule has 2 aliphatic rings. The van der Waals surface area contributed by atoms with E-state index in [-0.39, 0.29) is 30.7 Å². The minimum atomic E-state index is -0.238. The first-order valence-electron chi connectivity index (χ1n) is 12.1. The molecule has 1 aliphatic heterocycles. The Morgan fingerprint density at radius 1 is 0.972 bits per heavy atom. The van der Waals surface area contributed by atoms with Crippen LogP contribution in [0.4, 0.5) is 0 Å². The molecular formula is C27H29N3O5S. The van der Waals surface area contributed by atoms with Crippen molar-refractivity contribution in [3.8, 4) is 17.2 Å². The van der Waals surface area contributed by atoms with E-state index in [1.54, 1.807) is 23.6 Å². The summed E-state index contributed by atoms with van der Waals surface area (Å²) in [6, 6.07) is 10.9. The Bertz CT molecular complexity index is 1250. The molecule has 1 aromatic heterocycles. The minimum absolute atomic E-state index is 0.160. The fourth-order valence-electron chi connectivity index (χ4n) is 4.65. The van der Waals surface area contributed by atoms with Gasteiger partial charge in [-0.25, -0.2) is 4.98 Å². The Labute approximate surface area is 214 Å². The Morgan fingerprint density at radius 2 is 1.67 bits per heavy atom. The van der Waals surface area contributed by atoms with Gasteiger partial charge in [0.2, 0.25) is 6.79 Å². The second kappa shape index (κ2) is 10.6. The summed E-state index contributed by atoms with van der Waals surface area (Å²) in [4.78, 5) is 30.3. The van der Waals surface area contributed by atoms with Crippen molar-refractivity contribution in [2.24, 2.45) is 0 Å². The van der Waals surface area contributed by atoms with E-state index < -0.39 is 0 Å². The molecule has 2 amide bonds. The number of aromatic nitrogens is 1. The van der Waals surface area contributed by atoms with Crippen LogP contribution < -0.4 is 24.8 Å². The summed E-state index contributed by atoms with van der Waals surface area (Å²) in [6.45, 7) is 4.52. The van der Waals surface area contributed by atoms with Gasteiger partial charge in [0.25, 0.3) is 11.8 Å². The summed E-state index contributed by atoms with van der Waals surface area (Å²) in [7, 11) is 0. The van der Waals surface area contributed by atoms with Gasteiger partial charge in [-0.15, -0.1) is 11.3 Å². The number of fused-ring (bicyclic) bond motifs is 1. The highest BCUT2D eigenvalue weighted by atomic mass is 32.1. The molecule has 1 aliphatic carbocycles. The topological polar surface area (TPSA) is 98.8 Å². The summed E-state index contributed by atoms with van der Waals surface area (Å²) < 4.78 is 16.6. The average Bonchev–Trinajstić information content (AvgIpc) is 3.52. The van der Waals surface area contributed by atoms with Crippen LogP contribution in [0, 0.1) is 13.8 Å². The van der Waals surface area contributed by atoms with E-state index in [0.717, 1.165) is 47.6 Å². The van der Waals surface area contributed by atoms with Crippen molar-refractivity contribution >= 4 is 23.2 Å². The lowest BCUT2D eigenvalue weighted by Gasteiger charge is -2.32. The van der Waals surface area contributed by atoms with Crippen molar-refractivity contribution < 1.29 is 23.8 Å². The summed E-state index contributed by atoms with van der Waals surface area (Å²) in [5.74, 6) is 1.56. The molecule has 0 saturated heterocycles. The van der Waals surface area contributed by atoms with E-state index in [9.17, 15) is 9.59 Å². The number of nitrogens with zero attached hydrogens (tertiary/aromatic N) is 1. The van der Waals surface area contributed by atoms with Crippen molar-refractivity contribution in [3.63, 3.8) is 0 Å². The highest BCUT2D eigenvalue weighted by molar-refractivity contribution is 7.09. The fourth-order valence-corrected chi connectivity index (χ4v) is 5.34. The summed E-state index contributed by atoms with van der Waals surface area (Å²) in [5.41, 5.74) is 3.14. The van der Waals surface area contributed by atoms with E-state index in [1.807, 2.05) is 26.0 Å². The van der Waals surface area contributed by atoms with Crippen LogP contribution >= 0.6 is 11.3 Å². The maximum absolute atomic E-state index is 13.0. The number of amides is 2. The molecule has 9 heteroatoms. The van der Waals surface area contributed by atoms with Crippen LogP contribution in [0.5, 0.6) is 17.2 Å². The maximum Gasteiger partial charge on any atom is 0.271 e. The number of benzene rings is 2. The average molecular weight is 508 g/mol. The van der Waals surface area contributed by atoms with Crippen LogP contribution in [0.2, 0.25) is 0 Å². The van der Waals surface area contributed by atoms with Gasteiger partial charge in [0.05, 0.1) is 0 Å². The van der Waals surface area contributed by atoms with Crippen LogP contribution in [0.3, 0.4) is 0 Å². The zero-order chi connectivity index (χ0) is 25.1.